The summed E-state index contributed by atoms with van der Waals surface area (Å²) in [5.74, 6) is 1.33. The van der Waals surface area contributed by atoms with Crippen LogP contribution in [0.1, 0.15) is 16.8 Å². The van der Waals surface area contributed by atoms with Crippen molar-refractivity contribution in [3.63, 3.8) is 0 Å². The molecule has 0 spiro atoms. The molecule has 20 heavy (non-hydrogen) atoms. The standard InChI is InChI=1S/C14H16Cl2N2O.ClH/c15-11-1-2-12(13(16)5-11)14(19)18-4-3-9-6-17-7-10(9)8-18;/h1-2,5,9-10,17H,3-4,6-8H2;1H. The number of carbonyl (C=O) groups excluding carboxylic acids is 1. The highest BCUT2D eigenvalue weighted by Crippen LogP contribution is 2.29. The molecule has 0 radical (unpaired) electrons. The van der Waals surface area contributed by atoms with Crippen LogP contribution >= 0.6 is 35.6 Å². The van der Waals surface area contributed by atoms with E-state index < -0.39 is 0 Å². The van der Waals surface area contributed by atoms with Gasteiger partial charge >= 0.3 is 0 Å². The molecule has 3 rings (SSSR count). The lowest BCUT2D eigenvalue weighted by atomic mass is 9.88. The van der Waals surface area contributed by atoms with E-state index in [2.05, 4.69) is 5.32 Å². The minimum absolute atomic E-state index is 0. The summed E-state index contributed by atoms with van der Waals surface area (Å²) < 4.78 is 0. The molecule has 0 bridgehead atoms. The number of hydrogen-bond donors (Lipinski definition) is 1. The summed E-state index contributed by atoms with van der Waals surface area (Å²) in [7, 11) is 0. The molecular weight excluding hydrogens is 319 g/mol. The minimum Gasteiger partial charge on any atom is -0.338 e. The van der Waals surface area contributed by atoms with Gasteiger partial charge < -0.3 is 10.2 Å². The van der Waals surface area contributed by atoms with Crippen molar-refractivity contribution in [2.75, 3.05) is 26.2 Å². The predicted molar refractivity (Wildman–Crippen MR) is 84.1 cm³/mol. The van der Waals surface area contributed by atoms with Gasteiger partial charge in [-0.1, -0.05) is 23.2 Å². The smallest absolute Gasteiger partial charge is 0.255 e. The van der Waals surface area contributed by atoms with Crippen LogP contribution in [0.3, 0.4) is 0 Å². The van der Waals surface area contributed by atoms with Gasteiger partial charge in [-0.15, -0.1) is 12.4 Å². The Morgan fingerprint density at radius 2 is 2.00 bits per heavy atom. The third-order valence-corrected chi connectivity index (χ3v) is 4.70. The Labute approximate surface area is 135 Å². The highest BCUT2D eigenvalue weighted by molar-refractivity contribution is 6.36. The van der Waals surface area contributed by atoms with E-state index in [1.807, 2.05) is 4.90 Å². The summed E-state index contributed by atoms with van der Waals surface area (Å²) >= 11 is 12.0. The number of likely N-dealkylation sites (tertiary alicyclic amines) is 1. The van der Waals surface area contributed by atoms with Crippen molar-refractivity contribution >= 4 is 41.5 Å². The van der Waals surface area contributed by atoms with Gasteiger partial charge in [0.1, 0.15) is 0 Å². The second-order valence-corrected chi connectivity index (χ2v) is 6.19. The molecule has 1 amide bonds. The fraction of sp³-hybridized carbons (Fsp3) is 0.500. The summed E-state index contributed by atoms with van der Waals surface area (Å²) in [4.78, 5) is 14.4. The van der Waals surface area contributed by atoms with E-state index in [1.165, 1.54) is 0 Å². The lowest BCUT2D eigenvalue weighted by Crippen LogP contribution is -2.43. The molecule has 2 aliphatic rings. The Morgan fingerprint density at radius 3 is 2.75 bits per heavy atom. The Balaban J connectivity index is 0.00000147. The van der Waals surface area contributed by atoms with E-state index in [4.69, 9.17) is 23.2 Å². The molecule has 110 valence electrons. The van der Waals surface area contributed by atoms with E-state index in [0.29, 0.717) is 21.5 Å². The normalized spacial score (nSPS) is 25.0. The molecule has 2 atom stereocenters. The van der Waals surface area contributed by atoms with Crippen LogP contribution in [0.25, 0.3) is 0 Å². The largest absolute Gasteiger partial charge is 0.338 e. The van der Waals surface area contributed by atoms with Crippen molar-refractivity contribution in [2.24, 2.45) is 11.8 Å². The summed E-state index contributed by atoms with van der Waals surface area (Å²) in [5, 5.41) is 4.39. The molecule has 0 aliphatic carbocycles. The molecule has 2 aliphatic heterocycles. The maximum Gasteiger partial charge on any atom is 0.255 e. The Kier molecular flexibility index (Phi) is 5.19. The lowest BCUT2D eigenvalue weighted by Gasteiger charge is -2.34. The van der Waals surface area contributed by atoms with Crippen molar-refractivity contribution in [1.29, 1.82) is 0 Å². The monoisotopic (exact) mass is 334 g/mol. The van der Waals surface area contributed by atoms with Crippen molar-refractivity contribution < 1.29 is 4.79 Å². The van der Waals surface area contributed by atoms with Crippen molar-refractivity contribution in [3.05, 3.63) is 33.8 Å². The van der Waals surface area contributed by atoms with Crippen LogP contribution in [0.2, 0.25) is 10.0 Å². The molecule has 1 aromatic rings. The third kappa shape index (κ3) is 3.06. The SMILES string of the molecule is Cl.O=C(c1ccc(Cl)cc1Cl)N1CCC2CNCC2C1. The Morgan fingerprint density at radius 1 is 1.25 bits per heavy atom. The summed E-state index contributed by atoms with van der Waals surface area (Å²) in [6, 6.07) is 5.05. The van der Waals surface area contributed by atoms with Crippen LogP contribution in [0.4, 0.5) is 0 Å². The first-order chi connectivity index (χ1) is 9.15. The Bertz CT molecular complexity index is 509. The number of nitrogens with zero attached hydrogens (tertiary/aromatic N) is 1. The minimum atomic E-state index is 0. The molecule has 1 aromatic carbocycles. The second-order valence-electron chi connectivity index (χ2n) is 5.34. The number of nitrogens with one attached hydrogen (secondary N) is 1. The van der Waals surface area contributed by atoms with E-state index in [0.717, 1.165) is 38.5 Å². The van der Waals surface area contributed by atoms with Crippen LogP contribution < -0.4 is 5.32 Å². The maximum atomic E-state index is 12.5. The number of amides is 1. The van der Waals surface area contributed by atoms with Crippen LogP contribution in [0, 0.1) is 11.8 Å². The first-order valence-electron chi connectivity index (χ1n) is 6.60. The third-order valence-electron chi connectivity index (χ3n) is 4.15. The fourth-order valence-corrected chi connectivity index (χ4v) is 3.54. The predicted octanol–water partition coefficient (Wildman–Crippen LogP) is 3.10. The van der Waals surface area contributed by atoms with Gasteiger partial charge in [0.15, 0.2) is 0 Å². The van der Waals surface area contributed by atoms with Gasteiger partial charge in [0.25, 0.3) is 5.91 Å². The van der Waals surface area contributed by atoms with Crippen molar-refractivity contribution in [3.8, 4) is 0 Å². The van der Waals surface area contributed by atoms with Crippen LogP contribution in [-0.4, -0.2) is 37.0 Å². The zero-order chi connectivity index (χ0) is 13.4. The van der Waals surface area contributed by atoms with Gasteiger partial charge in [0.05, 0.1) is 10.6 Å². The summed E-state index contributed by atoms with van der Waals surface area (Å²) in [6.45, 7) is 3.76. The van der Waals surface area contributed by atoms with Crippen LogP contribution in [0.5, 0.6) is 0 Å². The Hall–Kier alpha value is -0.480. The van der Waals surface area contributed by atoms with Gasteiger partial charge in [-0.05, 0) is 49.5 Å². The molecular formula is C14H17Cl3N2O. The molecule has 0 aromatic heterocycles. The average Bonchev–Trinajstić information content (AvgIpc) is 2.85. The number of halogens is 3. The molecule has 1 N–H and O–H groups in total. The van der Waals surface area contributed by atoms with Gasteiger partial charge in [0.2, 0.25) is 0 Å². The van der Waals surface area contributed by atoms with Crippen molar-refractivity contribution in [2.45, 2.75) is 6.42 Å². The highest BCUT2D eigenvalue weighted by Gasteiger charge is 2.35. The van der Waals surface area contributed by atoms with E-state index in [-0.39, 0.29) is 18.3 Å². The molecule has 0 saturated carbocycles. The quantitative estimate of drug-likeness (QED) is 0.855. The zero-order valence-electron chi connectivity index (χ0n) is 10.9. The topological polar surface area (TPSA) is 32.3 Å². The highest BCUT2D eigenvalue weighted by atomic mass is 35.5. The number of piperidine rings is 1. The van der Waals surface area contributed by atoms with E-state index in [9.17, 15) is 4.79 Å². The van der Waals surface area contributed by atoms with Crippen LogP contribution in [-0.2, 0) is 0 Å². The molecule has 2 saturated heterocycles. The molecule has 2 unspecified atom stereocenters. The first kappa shape index (κ1) is 15.9. The van der Waals surface area contributed by atoms with Crippen molar-refractivity contribution in [1.82, 2.24) is 10.2 Å². The van der Waals surface area contributed by atoms with E-state index >= 15 is 0 Å². The number of fused-ring (bicyclic) bond motifs is 1. The molecule has 2 fully saturated rings. The van der Waals surface area contributed by atoms with Crippen LogP contribution in [0.15, 0.2) is 18.2 Å². The lowest BCUT2D eigenvalue weighted by molar-refractivity contribution is 0.0642. The van der Waals surface area contributed by atoms with Gasteiger partial charge in [-0.3, -0.25) is 4.79 Å². The number of benzene rings is 1. The molecule has 2 heterocycles. The number of rotatable bonds is 1. The molecule has 3 nitrogen and oxygen atoms in total. The zero-order valence-corrected chi connectivity index (χ0v) is 13.3. The first-order valence-corrected chi connectivity index (χ1v) is 7.36. The van der Waals surface area contributed by atoms with E-state index in [1.54, 1.807) is 18.2 Å². The van der Waals surface area contributed by atoms with Gasteiger partial charge in [-0.2, -0.15) is 0 Å². The number of hydrogen-bond acceptors (Lipinski definition) is 2. The maximum absolute atomic E-state index is 12.5. The second kappa shape index (κ2) is 6.52. The van der Waals surface area contributed by atoms with Gasteiger partial charge in [-0.25, -0.2) is 0 Å². The summed E-state index contributed by atoms with van der Waals surface area (Å²) in [6.07, 6.45) is 1.08. The number of carbonyl (C=O) groups is 1. The summed E-state index contributed by atoms with van der Waals surface area (Å²) in [5.41, 5.74) is 0.551. The van der Waals surface area contributed by atoms with Gasteiger partial charge in [0, 0.05) is 18.1 Å². The average molecular weight is 336 g/mol. The fourth-order valence-electron chi connectivity index (χ4n) is 3.05. The molecule has 6 heteroatoms.